The first-order chi connectivity index (χ1) is 18.4. The first-order valence-electron chi connectivity index (χ1n) is 11.6. The summed E-state index contributed by atoms with van der Waals surface area (Å²) >= 11 is 3.38. The molecule has 0 spiro atoms. The Hall–Kier alpha value is -4.56. The van der Waals surface area contributed by atoms with Crippen LogP contribution in [0.4, 0.5) is 5.69 Å². The molecule has 192 valence electrons. The minimum absolute atomic E-state index is 0.0670. The SMILES string of the molecule is CCCc1nc2ccc(Br)cc2c(=O)n1N=Cc1cc(OC)c(OCc2ccccc2C#N)c([N+](=O)[O-])c1. The fraction of sp³-hybridized carbons (Fsp3) is 0.185. The Kier molecular flexibility index (Phi) is 8.13. The second-order valence-corrected chi connectivity index (χ2v) is 9.10. The molecule has 0 fully saturated rings. The lowest BCUT2D eigenvalue weighted by atomic mass is 10.1. The summed E-state index contributed by atoms with van der Waals surface area (Å²) in [6.07, 6.45) is 2.60. The van der Waals surface area contributed by atoms with E-state index >= 15 is 0 Å². The Morgan fingerprint density at radius 1 is 1.24 bits per heavy atom. The number of aryl methyl sites for hydroxylation is 1. The zero-order valence-electron chi connectivity index (χ0n) is 20.6. The van der Waals surface area contributed by atoms with E-state index in [0.29, 0.717) is 39.8 Å². The number of hydrogen-bond acceptors (Lipinski definition) is 8. The third kappa shape index (κ3) is 5.55. The number of nitriles is 1. The van der Waals surface area contributed by atoms with Crippen LogP contribution in [0.25, 0.3) is 10.9 Å². The van der Waals surface area contributed by atoms with Crippen molar-refractivity contribution in [3.05, 3.63) is 102 Å². The first-order valence-corrected chi connectivity index (χ1v) is 12.4. The van der Waals surface area contributed by atoms with E-state index < -0.39 is 4.92 Å². The van der Waals surface area contributed by atoms with Gasteiger partial charge in [-0.25, -0.2) is 4.98 Å². The number of nitrogens with zero attached hydrogens (tertiary/aromatic N) is 5. The summed E-state index contributed by atoms with van der Waals surface area (Å²) in [6.45, 7) is 1.90. The molecule has 0 amide bonds. The molecule has 1 aromatic heterocycles. The highest BCUT2D eigenvalue weighted by Gasteiger charge is 2.23. The number of nitro benzene ring substituents is 1. The van der Waals surface area contributed by atoms with Crippen LogP contribution in [0.2, 0.25) is 0 Å². The maximum atomic E-state index is 13.2. The summed E-state index contributed by atoms with van der Waals surface area (Å²) in [5.41, 5.74) is 1.17. The molecule has 4 rings (SSSR count). The fourth-order valence-corrected chi connectivity index (χ4v) is 4.20. The molecule has 0 radical (unpaired) electrons. The number of nitro groups is 1. The van der Waals surface area contributed by atoms with E-state index in [1.807, 2.05) is 13.0 Å². The van der Waals surface area contributed by atoms with Gasteiger partial charge in [-0.05, 0) is 36.8 Å². The lowest BCUT2D eigenvalue weighted by Gasteiger charge is -2.13. The Balaban J connectivity index is 1.75. The quantitative estimate of drug-likeness (QED) is 0.149. The van der Waals surface area contributed by atoms with Gasteiger partial charge in [0.25, 0.3) is 5.56 Å². The molecule has 11 heteroatoms. The number of fused-ring (bicyclic) bond motifs is 1. The normalized spacial score (nSPS) is 11.0. The maximum absolute atomic E-state index is 13.2. The lowest BCUT2D eigenvalue weighted by molar-refractivity contribution is -0.386. The van der Waals surface area contributed by atoms with Crippen molar-refractivity contribution in [3.63, 3.8) is 0 Å². The smallest absolute Gasteiger partial charge is 0.315 e. The van der Waals surface area contributed by atoms with E-state index in [0.717, 1.165) is 10.9 Å². The zero-order chi connectivity index (χ0) is 27.2. The number of aromatic nitrogens is 2. The molecular formula is C27H22BrN5O5. The third-order valence-corrected chi connectivity index (χ3v) is 6.15. The number of hydrogen-bond donors (Lipinski definition) is 0. The molecular weight excluding hydrogens is 554 g/mol. The molecule has 4 aromatic rings. The van der Waals surface area contributed by atoms with E-state index in [4.69, 9.17) is 9.47 Å². The molecule has 0 aliphatic heterocycles. The summed E-state index contributed by atoms with van der Waals surface area (Å²) in [4.78, 5) is 29.2. The Bertz CT molecular complexity index is 1660. The summed E-state index contributed by atoms with van der Waals surface area (Å²) in [5, 5.41) is 26.0. The number of methoxy groups -OCH3 is 1. The second-order valence-electron chi connectivity index (χ2n) is 8.19. The summed E-state index contributed by atoms with van der Waals surface area (Å²) in [5.74, 6) is 0.501. The number of halogens is 1. The molecule has 0 atom stereocenters. The molecule has 0 aliphatic carbocycles. The highest BCUT2D eigenvalue weighted by atomic mass is 79.9. The van der Waals surface area contributed by atoms with Crippen molar-refractivity contribution in [2.24, 2.45) is 5.10 Å². The minimum atomic E-state index is -0.588. The van der Waals surface area contributed by atoms with Gasteiger partial charge in [-0.3, -0.25) is 14.9 Å². The van der Waals surface area contributed by atoms with Gasteiger partial charge in [-0.15, -0.1) is 0 Å². The Morgan fingerprint density at radius 2 is 2.03 bits per heavy atom. The molecule has 1 heterocycles. The van der Waals surface area contributed by atoms with Crippen molar-refractivity contribution >= 4 is 38.7 Å². The van der Waals surface area contributed by atoms with Crippen molar-refractivity contribution in [1.29, 1.82) is 5.26 Å². The van der Waals surface area contributed by atoms with Gasteiger partial charge >= 0.3 is 5.69 Å². The van der Waals surface area contributed by atoms with Gasteiger partial charge in [0, 0.05) is 28.1 Å². The van der Waals surface area contributed by atoms with Gasteiger partial charge in [0.15, 0.2) is 5.75 Å². The molecule has 0 bridgehead atoms. The monoisotopic (exact) mass is 575 g/mol. The average Bonchev–Trinajstić information content (AvgIpc) is 2.92. The Morgan fingerprint density at radius 3 is 2.74 bits per heavy atom. The van der Waals surface area contributed by atoms with Crippen LogP contribution >= 0.6 is 15.9 Å². The molecule has 10 nitrogen and oxygen atoms in total. The highest BCUT2D eigenvalue weighted by molar-refractivity contribution is 9.10. The predicted molar refractivity (Wildman–Crippen MR) is 146 cm³/mol. The average molecular weight is 576 g/mol. The van der Waals surface area contributed by atoms with Gasteiger partial charge in [-0.2, -0.15) is 15.0 Å². The molecule has 0 saturated heterocycles. The van der Waals surface area contributed by atoms with E-state index in [1.54, 1.807) is 36.4 Å². The van der Waals surface area contributed by atoms with Crippen LogP contribution in [-0.2, 0) is 13.0 Å². The second kappa shape index (κ2) is 11.7. The van der Waals surface area contributed by atoms with Crippen LogP contribution in [0.3, 0.4) is 0 Å². The van der Waals surface area contributed by atoms with E-state index in [9.17, 15) is 20.2 Å². The van der Waals surface area contributed by atoms with Crippen LogP contribution in [0.15, 0.2) is 69.0 Å². The van der Waals surface area contributed by atoms with Crippen LogP contribution in [0, 0.1) is 21.4 Å². The van der Waals surface area contributed by atoms with Crippen molar-refractivity contribution in [1.82, 2.24) is 9.66 Å². The molecule has 38 heavy (non-hydrogen) atoms. The summed E-state index contributed by atoms with van der Waals surface area (Å²) in [7, 11) is 1.37. The summed E-state index contributed by atoms with van der Waals surface area (Å²) in [6, 6.07) is 17.0. The topological polar surface area (TPSA) is 133 Å². The minimum Gasteiger partial charge on any atom is -0.493 e. The van der Waals surface area contributed by atoms with Crippen LogP contribution in [-0.4, -0.2) is 27.9 Å². The standard InChI is InChI=1S/C27H22BrN5O5/c1-3-6-25-31-22-10-9-20(28)13-21(22)27(34)32(25)30-15-17-11-23(33(35)36)26(24(12-17)37-2)38-16-19-8-5-4-7-18(19)14-29/h4-5,7-13,15H,3,6,16H2,1-2H3. The van der Waals surface area contributed by atoms with Gasteiger partial charge in [0.2, 0.25) is 5.75 Å². The fourth-order valence-electron chi connectivity index (χ4n) is 3.84. The first kappa shape index (κ1) is 26.5. The van der Waals surface area contributed by atoms with Crippen LogP contribution < -0.4 is 15.0 Å². The van der Waals surface area contributed by atoms with Crippen LogP contribution in [0.5, 0.6) is 11.5 Å². The molecule has 0 aliphatic rings. The number of rotatable bonds is 9. The van der Waals surface area contributed by atoms with Crippen molar-refractivity contribution in [3.8, 4) is 17.6 Å². The van der Waals surface area contributed by atoms with E-state index in [-0.39, 0.29) is 29.4 Å². The molecule has 0 saturated carbocycles. The number of benzene rings is 3. The van der Waals surface area contributed by atoms with E-state index in [2.05, 4.69) is 32.1 Å². The molecule has 0 unspecified atom stereocenters. The predicted octanol–water partition coefficient (Wildman–Crippen LogP) is 5.36. The third-order valence-electron chi connectivity index (χ3n) is 5.66. The largest absolute Gasteiger partial charge is 0.493 e. The zero-order valence-corrected chi connectivity index (χ0v) is 22.1. The van der Waals surface area contributed by atoms with Crippen molar-refractivity contribution < 1.29 is 14.4 Å². The molecule has 3 aromatic carbocycles. The Labute approximate surface area is 226 Å². The number of ether oxygens (including phenoxy) is 2. The van der Waals surface area contributed by atoms with Gasteiger partial charge in [0.1, 0.15) is 12.4 Å². The maximum Gasteiger partial charge on any atom is 0.315 e. The van der Waals surface area contributed by atoms with Crippen molar-refractivity contribution in [2.75, 3.05) is 7.11 Å². The highest BCUT2D eigenvalue weighted by Crippen LogP contribution is 2.38. The van der Waals surface area contributed by atoms with Gasteiger partial charge in [0.05, 0.1) is 40.8 Å². The lowest BCUT2D eigenvalue weighted by Crippen LogP contribution is -2.22. The van der Waals surface area contributed by atoms with Gasteiger partial charge < -0.3 is 9.47 Å². The summed E-state index contributed by atoms with van der Waals surface area (Å²) < 4.78 is 13.1. The van der Waals surface area contributed by atoms with E-state index in [1.165, 1.54) is 30.1 Å². The molecule has 0 N–H and O–H groups in total. The van der Waals surface area contributed by atoms with Crippen LogP contribution in [0.1, 0.15) is 35.9 Å². The van der Waals surface area contributed by atoms with Gasteiger partial charge in [-0.1, -0.05) is 41.1 Å². The van der Waals surface area contributed by atoms with Crippen molar-refractivity contribution in [2.45, 2.75) is 26.4 Å².